The number of hydrogen-bond acceptors (Lipinski definition) is 10. The Bertz CT molecular complexity index is 863. The van der Waals surface area contributed by atoms with E-state index in [2.05, 4.69) is 49.5 Å². The van der Waals surface area contributed by atoms with E-state index in [0.29, 0.717) is 10.6 Å². The van der Waals surface area contributed by atoms with E-state index in [1.807, 2.05) is 0 Å². The first kappa shape index (κ1) is 27.4. The second-order valence-corrected chi connectivity index (χ2v) is 11.3. The quantitative estimate of drug-likeness (QED) is 0.506. The molecule has 0 bridgehead atoms. The molecule has 6 rings (SSSR count). The van der Waals surface area contributed by atoms with Crippen molar-refractivity contribution in [3.8, 4) is 0 Å². The maximum Gasteiger partial charge on any atom is 0.231 e. The first-order chi connectivity index (χ1) is 18.7. The first-order valence-corrected chi connectivity index (χ1v) is 15.2. The van der Waals surface area contributed by atoms with Gasteiger partial charge < -0.3 is 19.6 Å². The molecule has 0 radical (unpaired) electrons. The summed E-state index contributed by atoms with van der Waals surface area (Å²) in [5, 5.41) is 0.632. The van der Waals surface area contributed by atoms with Crippen LogP contribution in [0.1, 0.15) is 77.0 Å². The summed E-state index contributed by atoms with van der Waals surface area (Å²) >= 11 is 12.1. The average Bonchev–Trinajstić information content (AvgIpc) is 2.99. The minimum Gasteiger partial charge on any atom is -0.341 e. The van der Waals surface area contributed by atoms with Crippen molar-refractivity contribution in [1.29, 1.82) is 0 Å². The van der Waals surface area contributed by atoms with E-state index in [1.54, 1.807) is 0 Å². The lowest BCUT2D eigenvalue weighted by Gasteiger charge is -2.29. The van der Waals surface area contributed by atoms with Crippen molar-refractivity contribution >= 4 is 47.0 Å². The third kappa shape index (κ3) is 7.46. The van der Waals surface area contributed by atoms with Crippen LogP contribution in [0.3, 0.4) is 0 Å². The predicted molar refractivity (Wildman–Crippen MR) is 154 cm³/mol. The van der Waals surface area contributed by atoms with E-state index in [4.69, 9.17) is 23.2 Å². The Balaban J connectivity index is 0.000000155. The fourth-order valence-corrected chi connectivity index (χ4v) is 5.90. The highest BCUT2D eigenvalue weighted by atomic mass is 35.5. The van der Waals surface area contributed by atoms with Crippen molar-refractivity contribution in [2.24, 2.45) is 0 Å². The first-order valence-electron chi connectivity index (χ1n) is 14.5. The molecule has 0 amide bonds. The van der Waals surface area contributed by atoms with E-state index in [-0.39, 0.29) is 0 Å². The second kappa shape index (κ2) is 13.7. The predicted octanol–water partition coefficient (Wildman–Crippen LogP) is 5.01. The van der Waals surface area contributed by atoms with Crippen LogP contribution in [0.4, 0.5) is 23.8 Å². The second-order valence-electron chi connectivity index (χ2n) is 10.6. The lowest BCUT2D eigenvalue weighted by Crippen LogP contribution is -2.34. The summed E-state index contributed by atoms with van der Waals surface area (Å²) in [6.45, 7) is 8.22. The summed E-state index contributed by atoms with van der Waals surface area (Å²) in [4.78, 5) is 35.3. The van der Waals surface area contributed by atoms with Gasteiger partial charge in [0.2, 0.25) is 34.4 Å². The van der Waals surface area contributed by atoms with Crippen LogP contribution < -0.4 is 19.6 Å². The van der Waals surface area contributed by atoms with Gasteiger partial charge in [-0.2, -0.15) is 29.9 Å². The van der Waals surface area contributed by atoms with Crippen molar-refractivity contribution < 1.29 is 0 Å². The zero-order valence-electron chi connectivity index (χ0n) is 22.4. The third-order valence-corrected chi connectivity index (χ3v) is 8.06. The SMILES string of the molecule is Clc1nc(N2CCCCC2)nc(N2CCCCC2)n1.Clc1nc(N2CCCCC2)nc(N2CCCCC2)n1. The number of nitrogens with zero attached hydrogens (tertiary/aromatic N) is 10. The van der Waals surface area contributed by atoms with Crippen LogP contribution in [0.15, 0.2) is 0 Å². The monoisotopic (exact) mass is 562 g/mol. The lowest BCUT2D eigenvalue weighted by molar-refractivity contribution is 0.556. The van der Waals surface area contributed by atoms with Gasteiger partial charge in [-0.15, -0.1) is 0 Å². The summed E-state index contributed by atoms with van der Waals surface area (Å²) in [7, 11) is 0. The van der Waals surface area contributed by atoms with Gasteiger partial charge in [0.25, 0.3) is 0 Å². The van der Waals surface area contributed by atoms with Gasteiger partial charge in [-0.05, 0) is 100 Å². The number of rotatable bonds is 4. The van der Waals surface area contributed by atoms with Crippen LogP contribution in [0.25, 0.3) is 0 Å². The minimum absolute atomic E-state index is 0.316. The summed E-state index contributed by atoms with van der Waals surface area (Å²) in [6, 6.07) is 0. The van der Waals surface area contributed by atoms with Crippen molar-refractivity contribution in [1.82, 2.24) is 29.9 Å². The molecule has 10 nitrogen and oxygen atoms in total. The van der Waals surface area contributed by atoms with E-state index in [1.165, 1.54) is 77.0 Å². The standard InChI is InChI=1S/2C13H20ClN5/c2*14-11-15-12(18-7-3-1-4-8-18)17-13(16-11)19-9-5-2-6-10-19/h2*1-10H2. The average molecular weight is 564 g/mol. The van der Waals surface area contributed by atoms with Gasteiger partial charge in [-0.25, -0.2) is 0 Å². The zero-order valence-corrected chi connectivity index (χ0v) is 23.9. The van der Waals surface area contributed by atoms with Crippen LogP contribution in [-0.4, -0.2) is 82.3 Å². The van der Waals surface area contributed by atoms with Gasteiger partial charge in [0.15, 0.2) is 0 Å². The molecule has 208 valence electrons. The van der Waals surface area contributed by atoms with Gasteiger partial charge in [0.05, 0.1) is 0 Å². The fraction of sp³-hybridized carbons (Fsp3) is 0.769. The van der Waals surface area contributed by atoms with Crippen LogP contribution in [0, 0.1) is 0 Å². The summed E-state index contributed by atoms with van der Waals surface area (Å²) in [6.07, 6.45) is 14.9. The molecule has 0 saturated carbocycles. The smallest absolute Gasteiger partial charge is 0.231 e. The Morgan fingerprint density at radius 2 is 0.526 bits per heavy atom. The van der Waals surface area contributed by atoms with Crippen LogP contribution in [0.5, 0.6) is 0 Å². The van der Waals surface area contributed by atoms with Crippen LogP contribution in [0.2, 0.25) is 10.6 Å². The highest BCUT2D eigenvalue weighted by molar-refractivity contribution is 6.28. The molecular weight excluding hydrogens is 523 g/mol. The van der Waals surface area contributed by atoms with Gasteiger partial charge >= 0.3 is 0 Å². The highest BCUT2D eigenvalue weighted by Gasteiger charge is 2.21. The van der Waals surface area contributed by atoms with Crippen LogP contribution in [-0.2, 0) is 0 Å². The summed E-state index contributed by atoms with van der Waals surface area (Å²) in [5.74, 6) is 3.00. The maximum atomic E-state index is 6.07. The van der Waals surface area contributed by atoms with Gasteiger partial charge in [-0.1, -0.05) is 0 Å². The van der Waals surface area contributed by atoms with Gasteiger partial charge in [0.1, 0.15) is 0 Å². The van der Waals surface area contributed by atoms with Crippen LogP contribution >= 0.6 is 23.2 Å². The molecule has 38 heavy (non-hydrogen) atoms. The Labute approximate surface area is 236 Å². The molecule has 0 spiro atoms. The van der Waals surface area contributed by atoms with E-state index in [0.717, 1.165) is 76.2 Å². The van der Waals surface area contributed by atoms with E-state index >= 15 is 0 Å². The Morgan fingerprint density at radius 1 is 0.316 bits per heavy atom. The zero-order chi connectivity index (χ0) is 26.2. The van der Waals surface area contributed by atoms with Crippen molar-refractivity contribution in [2.75, 3.05) is 72.0 Å². The molecule has 0 N–H and O–H groups in total. The molecule has 0 aromatic carbocycles. The van der Waals surface area contributed by atoms with Crippen molar-refractivity contribution in [3.63, 3.8) is 0 Å². The largest absolute Gasteiger partial charge is 0.341 e. The molecule has 4 aliphatic rings. The highest BCUT2D eigenvalue weighted by Crippen LogP contribution is 2.23. The molecule has 12 heteroatoms. The number of hydrogen-bond donors (Lipinski definition) is 0. The normalized spacial score (nSPS) is 20.7. The molecule has 6 heterocycles. The molecule has 2 aromatic rings. The molecular formula is C26H40Cl2N10. The molecule has 4 fully saturated rings. The maximum absolute atomic E-state index is 6.07. The molecule has 4 saturated heterocycles. The Hall–Kier alpha value is -2.20. The number of piperidine rings is 4. The molecule has 2 aromatic heterocycles. The van der Waals surface area contributed by atoms with Gasteiger partial charge in [-0.3, -0.25) is 0 Å². The van der Waals surface area contributed by atoms with Gasteiger partial charge in [0, 0.05) is 52.4 Å². The third-order valence-electron chi connectivity index (χ3n) is 7.72. The fourth-order valence-electron chi connectivity index (χ4n) is 5.60. The molecule has 4 aliphatic heterocycles. The molecule has 0 aliphatic carbocycles. The van der Waals surface area contributed by atoms with E-state index in [9.17, 15) is 0 Å². The molecule has 0 unspecified atom stereocenters. The Morgan fingerprint density at radius 3 is 0.737 bits per heavy atom. The molecule has 0 atom stereocenters. The number of anilines is 4. The number of aromatic nitrogens is 6. The topological polar surface area (TPSA) is 90.3 Å². The Kier molecular flexibility index (Phi) is 9.89. The van der Waals surface area contributed by atoms with Crippen molar-refractivity contribution in [3.05, 3.63) is 10.6 Å². The summed E-state index contributed by atoms with van der Waals surface area (Å²) in [5.41, 5.74) is 0. The lowest BCUT2D eigenvalue weighted by atomic mass is 10.1. The summed E-state index contributed by atoms with van der Waals surface area (Å²) < 4.78 is 0. The number of halogens is 2. The van der Waals surface area contributed by atoms with Crippen molar-refractivity contribution in [2.45, 2.75) is 77.0 Å². The van der Waals surface area contributed by atoms with E-state index < -0.39 is 0 Å². The minimum atomic E-state index is 0.316.